The molecule has 3 N–H and O–H groups in total. The highest BCUT2D eigenvalue weighted by Gasteiger charge is 2.14. The Bertz CT molecular complexity index is 393. The number of carbonyl (C=O) groups excluding carboxylic acids is 1. The van der Waals surface area contributed by atoms with Crippen LogP contribution in [0.1, 0.15) is 38.8 Å². The van der Waals surface area contributed by atoms with Gasteiger partial charge in [0.25, 0.3) is 0 Å². The summed E-state index contributed by atoms with van der Waals surface area (Å²) in [5, 5.41) is 3.35. The van der Waals surface area contributed by atoms with E-state index in [9.17, 15) is 4.79 Å². The zero-order chi connectivity index (χ0) is 13.5. The van der Waals surface area contributed by atoms with E-state index < -0.39 is 0 Å². The molecule has 1 amide bonds. The predicted octanol–water partition coefficient (Wildman–Crippen LogP) is 2.00. The summed E-state index contributed by atoms with van der Waals surface area (Å²) in [7, 11) is 0. The molecule has 0 heterocycles. The van der Waals surface area contributed by atoms with Crippen LogP contribution in [0.4, 0.5) is 0 Å². The molecular formula is C14H22N2O2. The van der Waals surface area contributed by atoms with Gasteiger partial charge in [-0.25, -0.2) is 0 Å². The molecule has 0 aromatic heterocycles. The molecule has 1 rings (SSSR count). The van der Waals surface area contributed by atoms with Crippen molar-refractivity contribution in [2.45, 2.75) is 39.3 Å². The first-order valence-corrected chi connectivity index (χ1v) is 6.30. The first-order chi connectivity index (χ1) is 8.54. The summed E-state index contributed by atoms with van der Waals surface area (Å²) in [4.78, 5) is 10.9. The minimum Gasteiger partial charge on any atom is -0.494 e. The first-order valence-electron chi connectivity index (χ1n) is 6.30. The molecule has 0 spiro atoms. The second-order valence-electron chi connectivity index (χ2n) is 4.43. The lowest BCUT2D eigenvalue weighted by atomic mass is 10.1. The Balaban J connectivity index is 2.71. The van der Waals surface area contributed by atoms with Gasteiger partial charge < -0.3 is 15.8 Å². The zero-order valence-electron chi connectivity index (χ0n) is 11.3. The molecule has 4 nitrogen and oxygen atoms in total. The van der Waals surface area contributed by atoms with Gasteiger partial charge in [-0.05, 0) is 26.8 Å². The molecular weight excluding hydrogens is 228 g/mol. The van der Waals surface area contributed by atoms with Crippen molar-refractivity contribution in [2.75, 3.05) is 6.61 Å². The Kier molecular flexibility index (Phi) is 5.65. The van der Waals surface area contributed by atoms with Crippen LogP contribution in [0, 0.1) is 0 Å². The van der Waals surface area contributed by atoms with Crippen LogP contribution in [0.3, 0.4) is 0 Å². The van der Waals surface area contributed by atoms with Gasteiger partial charge in [0.1, 0.15) is 5.75 Å². The number of hydrogen-bond donors (Lipinski definition) is 2. The summed E-state index contributed by atoms with van der Waals surface area (Å²) < 4.78 is 5.59. The summed E-state index contributed by atoms with van der Waals surface area (Å²) in [5.74, 6) is 0.589. The van der Waals surface area contributed by atoms with E-state index in [0.29, 0.717) is 13.0 Å². The van der Waals surface area contributed by atoms with Crippen molar-refractivity contribution in [3.05, 3.63) is 29.8 Å². The van der Waals surface area contributed by atoms with Crippen molar-refractivity contribution >= 4 is 5.91 Å². The van der Waals surface area contributed by atoms with Crippen molar-refractivity contribution in [3.8, 4) is 5.75 Å². The molecule has 1 aromatic rings. The van der Waals surface area contributed by atoms with Crippen LogP contribution in [0.15, 0.2) is 24.3 Å². The topological polar surface area (TPSA) is 64.3 Å². The van der Waals surface area contributed by atoms with Crippen molar-refractivity contribution in [2.24, 2.45) is 5.73 Å². The van der Waals surface area contributed by atoms with Crippen molar-refractivity contribution in [1.82, 2.24) is 5.32 Å². The Hall–Kier alpha value is -1.55. The van der Waals surface area contributed by atoms with Crippen LogP contribution in [0.25, 0.3) is 0 Å². The van der Waals surface area contributed by atoms with Gasteiger partial charge in [-0.2, -0.15) is 0 Å². The summed E-state index contributed by atoms with van der Waals surface area (Å²) in [5.41, 5.74) is 6.27. The normalized spacial score (nSPS) is 13.9. The van der Waals surface area contributed by atoms with Gasteiger partial charge in [0, 0.05) is 24.1 Å². The number of nitrogens with one attached hydrogen (secondary N) is 1. The fraction of sp³-hybridized carbons (Fsp3) is 0.500. The molecule has 0 saturated carbocycles. The SMILES string of the molecule is CCOc1ccccc1C(C)NC(C)CC(N)=O. The van der Waals surface area contributed by atoms with Gasteiger partial charge in [-0.1, -0.05) is 18.2 Å². The second kappa shape index (κ2) is 7.01. The molecule has 2 unspecified atom stereocenters. The maximum atomic E-state index is 10.9. The van der Waals surface area contributed by atoms with E-state index in [1.807, 2.05) is 38.1 Å². The molecule has 0 bridgehead atoms. The van der Waals surface area contributed by atoms with Crippen molar-refractivity contribution < 1.29 is 9.53 Å². The van der Waals surface area contributed by atoms with Crippen LogP contribution in [-0.4, -0.2) is 18.6 Å². The third-order valence-corrected chi connectivity index (χ3v) is 2.73. The Morgan fingerprint density at radius 2 is 2.06 bits per heavy atom. The van der Waals surface area contributed by atoms with E-state index in [2.05, 4.69) is 12.2 Å². The highest BCUT2D eigenvalue weighted by molar-refractivity contribution is 5.74. The summed E-state index contributed by atoms with van der Waals surface area (Å²) in [6, 6.07) is 8.08. The quantitative estimate of drug-likeness (QED) is 0.778. The average Bonchev–Trinajstić information content (AvgIpc) is 2.28. The molecule has 1 aromatic carbocycles. The van der Waals surface area contributed by atoms with Gasteiger partial charge in [0.15, 0.2) is 0 Å². The lowest BCUT2D eigenvalue weighted by molar-refractivity contribution is -0.118. The molecule has 0 aliphatic rings. The van der Waals surface area contributed by atoms with Crippen LogP contribution < -0.4 is 15.8 Å². The largest absolute Gasteiger partial charge is 0.494 e. The molecule has 0 aliphatic carbocycles. The molecule has 0 fully saturated rings. The number of amides is 1. The van der Waals surface area contributed by atoms with E-state index in [-0.39, 0.29) is 18.0 Å². The van der Waals surface area contributed by atoms with E-state index in [0.717, 1.165) is 11.3 Å². The second-order valence-corrected chi connectivity index (χ2v) is 4.43. The van der Waals surface area contributed by atoms with Crippen LogP contribution in [0.5, 0.6) is 5.75 Å². The first kappa shape index (κ1) is 14.5. The van der Waals surface area contributed by atoms with Gasteiger partial charge in [0.2, 0.25) is 5.91 Å². The molecule has 100 valence electrons. The number of nitrogens with two attached hydrogens (primary N) is 1. The smallest absolute Gasteiger partial charge is 0.218 e. The predicted molar refractivity (Wildman–Crippen MR) is 72.4 cm³/mol. The number of ether oxygens (including phenoxy) is 1. The molecule has 2 atom stereocenters. The van der Waals surface area contributed by atoms with Crippen molar-refractivity contribution in [3.63, 3.8) is 0 Å². The summed E-state index contributed by atoms with van der Waals surface area (Å²) in [6.07, 6.45) is 0.334. The Morgan fingerprint density at radius 1 is 1.39 bits per heavy atom. The molecule has 0 aliphatic heterocycles. The monoisotopic (exact) mass is 250 g/mol. The summed E-state index contributed by atoms with van der Waals surface area (Å²) in [6.45, 7) is 6.60. The number of carbonyl (C=O) groups is 1. The summed E-state index contributed by atoms with van der Waals surface area (Å²) >= 11 is 0. The zero-order valence-corrected chi connectivity index (χ0v) is 11.3. The van der Waals surface area contributed by atoms with E-state index >= 15 is 0 Å². The standard InChI is InChI=1S/C14H22N2O2/c1-4-18-13-8-6-5-7-12(13)11(3)16-10(2)9-14(15)17/h5-8,10-11,16H,4,9H2,1-3H3,(H2,15,17). The maximum absolute atomic E-state index is 10.9. The van der Waals surface area contributed by atoms with E-state index in [1.165, 1.54) is 0 Å². The fourth-order valence-electron chi connectivity index (χ4n) is 2.00. The molecule has 18 heavy (non-hydrogen) atoms. The van der Waals surface area contributed by atoms with Crippen LogP contribution in [-0.2, 0) is 4.79 Å². The molecule has 4 heteroatoms. The molecule has 0 radical (unpaired) electrons. The van der Waals surface area contributed by atoms with Crippen LogP contribution in [0.2, 0.25) is 0 Å². The van der Waals surface area contributed by atoms with E-state index in [4.69, 9.17) is 10.5 Å². The Labute approximate surface area is 109 Å². The number of hydrogen-bond acceptors (Lipinski definition) is 3. The van der Waals surface area contributed by atoms with Crippen molar-refractivity contribution in [1.29, 1.82) is 0 Å². The van der Waals surface area contributed by atoms with Gasteiger partial charge >= 0.3 is 0 Å². The fourth-order valence-corrected chi connectivity index (χ4v) is 2.00. The van der Waals surface area contributed by atoms with Gasteiger partial charge in [-0.3, -0.25) is 4.79 Å². The van der Waals surface area contributed by atoms with Gasteiger partial charge in [0.05, 0.1) is 6.61 Å². The maximum Gasteiger partial charge on any atom is 0.218 e. The number of benzene rings is 1. The highest BCUT2D eigenvalue weighted by Crippen LogP contribution is 2.25. The average molecular weight is 250 g/mol. The minimum atomic E-state index is -0.291. The van der Waals surface area contributed by atoms with Crippen LogP contribution >= 0.6 is 0 Å². The molecule has 0 saturated heterocycles. The third-order valence-electron chi connectivity index (χ3n) is 2.73. The lowest BCUT2D eigenvalue weighted by Gasteiger charge is -2.21. The minimum absolute atomic E-state index is 0.0483. The third kappa shape index (κ3) is 4.37. The number of rotatable bonds is 7. The van der Waals surface area contributed by atoms with E-state index in [1.54, 1.807) is 0 Å². The lowest BCUT2D eigenvalue weighted by Crippen LogP contribution is -2.33. The number of primary amides is 1. The number of para-hydroxylation sites is 1. The highest BCUT2D eigenvalue weighted by atomic mass is 16.5. The van der Waals surface area contributed by atoms with Gasteiger partial charge in [-0.15, -0.1) is 0 Å². The Morgan fingerprint density at radius 3 is 2.67 bits per heavy atom.